The van der Waals surface area contributed by atoms with Crippen LogP contribution >= 0.6 is 11.8 Å². The molecule has 0 spiro atoms. The number of carbonyl (C=O) groups excluding carboxylic acids is 1. The lowest BCUT2D eigenvalue weighted by Gasteiger charge is -2.38. The molecule has 36 heavy (non-hydrogen) atoms. The number of phenols is 1. The number of phenolic OH excluding ortho intramolecular Hbond substituents is 1. The quantitative estimate of drug-likeness (QED) is 0.366. The Morgan fingerprint density at radius 3 is 2.33 bits per heavy atom. The van der Waals surface area contributed by atoms with Crippen molar-refractivity contribution in [3.8, 4) is 5.75 Å². The van der Waals surface area contributed by atoms with Crippen molar-refractivity contribution in [1.82, 2.24) is 14.7 Å². The molecular formula is C28H40N4O3S. The zero-order valence-corrected chi connectivity index (χ0v) is 22.3. The molecular weight excluding hydrogens is 472 g/mol. The number of morpholine rings is 1. The van der Waals surface area contributed by atoms with Gasteiger partial charge in [0.05, 0.1) is 13.2 Å². The first-order chi connectivity index (χ1) is 17.6. The van der Waals surface area contributed by atoms with E-state index in [0.717, 1.165) is 82.6 Å². The van der Waals surface area contributed by atoms with Crippen LogP contribution in [0.5, 0.6) is 5.75 Å². The van der Waals surface area contributed by atoms with E-state index in [0.29, 0.717) is 13.0 Å². The first kappa shape index (κ1) is 26.8. The second kappa shape index (κ2) is 13.9. The van der Waals surface area contributed by atoms with E-state index in [1.165, 1.54) is 11.3 Å². The zero-order chi connectivity index (χ0) is 25.2. The third kappa shape index (κ3) is 8.13. The fourth-order valence-corrected chi connectivity index (χ4v) is 5.62. The largest absolute Gasteiger partial charge is 0.508 e. The van der Waals surface area contributed by atoms with Gasteiger partial charge in [-0.2, -0.15) is 0 Å². The summed E-state index contributed by atoms with van der Waals surface area (Å²) in [5.74, 6) is 1.35. The molecule has 2 aliphatic heterocycles. The van der Waals surface area contributed by atoms with Crippen molar-refractivity contribution in [2.45, 2.75) is 24.3 Å². The third-order valence-electron chi connectivity index (χ3n) is 7.01. The van der Waals surface area contributed by atoms with Crippen LogP contribution in [-0.2, 0) is 16.1 Å². The van der Waals surface area contributed by atoms with Gasteiger partial charge in [-0.15, -0.1) is 11.8 Å². The molecule has 0 aromatic heterocycles. The smallest absolute Gasteiger partial charge is 0.222 e. The van der Waals surface area contributed by atoms with Crippen LogP contribution in [0.1, 0.15) is 18.4 Å². The monoisotopic (exact) mass is 512 g/mol. The predicted octanol–water partition coefficient (Wildman–Crippen LogP) is 3.38. The van der Waals surface area contributed by atoms with Gasteiger partial charge < -0.3 is 19.6 Å². The molecule has 0 bridgehead atoms. The summed E-state index contributed by atoms with van der Waals surface area (Å²) in [5, 5.41) is 9.39. The number of nitrogens with zero attached hydrogens (tertiary/aromatic N) is 4. The van der Waals surface area contributed by atoms with Gasteiger partial charge in [-0.25, -0.2) is 0 Å². The van der Waals surface area contributed by atoms with Gasteiger partial charge >= 0.3 is 0 Å². The molecule has 0 unspecified atom stereocenters. The Morgan fingerprint density at radius 1 is 0.944 bits per heavy atom. The number of anilines is 1. The van der Waals surface area contributed by atoms with E-state index in [-0.39, 0.29) is 11.7 Å². The van der Waals surface area contributed by atoms with Gasteiger partial charge in [0.25, 0.3) is 0 Å². The molecule has 8 heteroatoms. The van der Waals surface area contributed by atoms with Crippen molar-refractivity contribution in [3.63, 3.8) is 0 Å². The topological polar surface area (TPSA) is 59.5 Å². The number of rotatable bonds is 11. The number of para-hydroxylation sites is 1. The second-order valence-electron chi connectivity index (χ2n) is 9.61. The van der Waals surface area contributed by atoms with Crippen LogP contribution < -0.4 is 4.90 Å². The highest BCUT2D eigenvalue weighted by Gasteiger charge is 2.21. The number of benzene rings is 2. The van der Waals surface area contributed by atoms with Crippen LogP contribution in [0.15, 0.2) is 53.4 Å². The highest BCUT2D eigenvalue weighted by atomic mass is 32.2. The lowest BCUT2D eigenvalue weighted by Crippen LogP contribution is -2.49. The zero-order valence-electron chi connectivity index (χ0n) is 21.5. The highest BCUT2D eigenvalue weighted by Crippen LogP contribution is 2.24. The minimum atomic E-state index is 0.184. The molecule has 2 saturated heterocycles. The summed E-state index contributed by atoms with van der Waals surface area (Å²) < 4.78 is 5.46. The number of piperazine rings is 1. The average molecular weight is 513 g/mol. The van der Waals surface area contributed by atoms with Crippen LogP contribution in [0.25, 0.3) is 0 Å². The maximum absolute atomic E-state index is 12.8. The summed E-state index contributed by atoms with van der Waals surface area (Å²) in [6.07, 6.45) is 1.38. The van der Waals surface area contributed by atoms with Crippen LogP contribution in [0.2, 0.25) is 0 Å². The fraction of sp³-hybridized carbons (Fsp3) is 0.536. The Morgan fingerprint density at radius 2 is 1.61 bits per heavy atom. The van der Waals surface area contributed by atoms with E-state index >= 15 is 0 Å². The first-order valence-corrected chi connectivity index (χ1v) is 14.1. The number of amides is 1. The molecule has 4 rings (SSSR count). The molecule has 0 atom stereocenters. The number of ether oxygens (including phenoxy) is 1. The van der Waals surface area contributed by atoms with E-state index in [9.17, 15) is 9.90 Å². The normalized spacial score (nSPS) is 17.3. The molecule has 1 N–H and O–H groups in total. The molecule has 0 saturated carbocycles. The van der Waals surface area contributed by atoms with Crippen LogP contribution in [0.4, 0.5) is 5.69 Å². The van der Waals surface area contributed by atoms with Crippen molar-refractivity contribution < 1.29 is 14.6 Å². The van der Waals surface area contributed by atoms with Gasteiger partial charge in [0.2, 0.25) is 5.91 Å². The Balaban J connectivity index is 1.20. The Labute approximate surface area is 220 Å². The summed E-state index contributed by atoms with van der Waals surface area (Å²) in [5.41, 5.74) is 2.47. The molecule has 0 aliphatic carbocycles. The van der Waals surface area contributed by atoms with Gasteiger partial charge in [-0.05, 0) is 48.1 Å². The summed E-state index contributed by atoms with van der Waals surface area (Å²) in [7, 11) is 1.91. The second-order valence-corrected chi connectivity index (χ2v) is 10.8. The summed E-state index contributed by atoms with van der Waals surface area (Å²) in [6.45, 7) is 10.9. The van der Waals surface area contributed by atoms with E-state index < -0.39 is 0 Å². The molecule has 2 heterocycles. The number of hydrogen-bond donors (Lipinski definition) is 1. The fourth-order valence-electron chi connectivity index (χ4n) is 4.76. The van der Waals surface area contributed by atoms with Crippen LogP contribution in [0.3, 0.4) is 0 Å². The predicted molar refractivity (Wildman–Crippen MR) is 147 cm³/mol. The van der Waals surface area contributed by atoms with Gasteiger partial charge in [0.1, 0.15) is 5.75 Å². The molecule has 2 aliphatic rings. The third-order valence-corrected chi connectivity index (χ3v) is 8.11. The number of thioether (sulfide) groups is 1. The Hall–Kier alpha value is -2.26. The number of carbonyl (C=O) groups is 1. The molecule has 1 amide bonds. The summed E-state index contributed by atoms with van der Waals surface area (Å²) in [6, 6.07) is 15.8. The minimum Gasteiger partial charge on any atom is -0.508 e. The highest BCUT2D eigenvalue weighted by molar-refractivity contribution is 7.99. The van der Waals surface area contributed by atoms with Gasteiger partial charge in [-0.3, -0.25) is 14.6 Å². The van der Waals surface area contributed by atoms with E-state index in [4.69, 9.17) is 4.74 Å². The van der Waals surface area contributed by atoms with Gasteiger partial charge in [0, 0.05) is 83.0 Å². The number of hydrogen-bond acceptors (Lipinski definition) is 7. The lowest BCUT2D eigenvalue weighted by molar-refractivity contribution is -0.130. The van der Waals surface area contributed by atoms with Gasteiger partial charge in [0.15, 0.2) is 0 Å². The standard InChI is InChI=1S/C28H40N4O3S/c1-29(28(34)7-4-22-36-26-10-8-25(33)9-11-26)23-24-5-2-3-6-27(24)32-16-14-30(15-17-32)12-13-31-18-20-35-21-19-31/h2-3,5-6,8-11,33H,4,7,12-23H2,1H3. The van der Waals surface area contributed by atoms with Crippen LogP contribution in [0, 0.1) is 0 Å². The molecule has 7 nitrogen and oxygen atoms in total. The van der Waals surface area contributed by atoms with E-state index in [2.05, 4.69) is 39.0 Å². The van der Waals surface area contributed by atoms with Crippen molar-refractivity contribution in [2.24, 2.45) is 0 Å². The minimum absolute atomic E-state index is 0.184. The first-order valence-electron chi connectivity index (χ1n) is 13.1. The molecule has 2 aromatic rings. The molecule has 2 fully saturated rings. The maximum Gasteiger partial charge on any atom is 0.222 e. The average Bonchev–Trinajstić information content (AvgIpc) is 2.92. The Kier molecular flexibility index (Phi) is 10.3. The van der Waals surface area contributed by atoms with Crippen molar-refractivity contribution >= 4 is 23.4 Å². The van der Waals surface area contributed by atoms with E-state index in [1.807, 2.05) is 24.1 Å². The van der Waals surface area contributed by atoms with Gasteiger partial charge in [-0.1, -0.05) is 18.2 Å². The molecule has 0 radical (unpaired) electrons. The van der Waals surface area contributed by atoms with Crippen molar-refractivity contribution in [2.75, 3.05) is 83.3 Å². The van der Waals surface area contributed by atoms with Crippen molar-refractivity contribution in [3.05, 3.63) is 54.1 Å². The SMILES string of the molecule is CN(Cc1ccccc1N1CCN(CCN2CCOCC2)CC1)C(=O)CCCSc1ccc(O)cc1. The number of aromatic hydroxyl groups is 1. The summed E-state index contributed by atoms with van der Waals surface area (Å²) >= 11 is 1.72. The molecule has 196 valence electrons. The molecule has 2 aromatic carbocycles. The van der Waals surface area contributed by atoms with Crippen LogP contribution in [-0.4, -0.2) is 104 Å². The Bertz CT molecular complexity index is 944. The van der Waals surface area contributed by atoms with E-state index in [1.54, 1.807) is 23.9 Å². The maximum atomic E-state index is 12.8. The van der Waals surface area contributed by atoms with Crippen molar-refractivity contribution in [1.29, 1.82) is 0 Å². The lowest BCUT2D eigenvalue weighted by atomic mass is 10.1. The summed E-state index contributed by atoms with van der Waals surface area (Å²) in [4.78, 5) is 23.3.